The van der Waals surface area contributed by atoms with Crippen molar-refractivity contribution in [1.82, 2.24) is 10.2 Å². The minimum Gasteiger partial charge on any atom is -0.467 e. The highest BCUT2D eigenvalue weighted by molar-refractivity contribution is 5.95. The summed E-state index contributed by atoms with van der Waals surface area (Å²) in [5.74, 6) is 0.823. The maximum Gasteiger partial charge on any atom is 0.410 e. The van der Waals surface area contributed by atoms with E-state index in [2.05, 4.69) is 33.0 Å². The highest BCUT2D eigenvalue weighted by Gasteiger charge is 2.33. The van der Waals surface area contributed by atoms with E-state index in [1.165, 1.54) is 0 Å². The van der Waals surface area contributed by atoms with Crippen molar-refractivity contribution >= 4 is 12.0 Å². The highest BCUT2D eigenvalue weighted by atomic mass is 16.7. The number of likely N-dealkylation sites (tertiary alicyclic amines) is 1. The van der Waals surface area contributed by atoms with E-state index < -0.39 is 11.6 Å². The molecule has 2 atom stereocenters. The van der Waals surface area contributed by atoms with Gasteiger partial charge in [0.1, 0.15) is 11.4 Å². The van der Waals surface area contributed by atoms with E-state index in [0.717, 1.165) is 28.9 Å². The van der Waals surface area contributed by atoms with E-state index in [9.17, 15) is 9.59 Å². The lowest BCUT2D eigenvalue weighted by Crippen LogP contribution is -2.51. The third-order valence-electron chi connectivity index (χ3n) is 7.03. The summed E-state index contributed by atoms with van der Waals surface area (Å²) < 4.78 is 23.2. The molecule has 1 fully saturated rings. The topological polar surface area (TPSA) is 86.3 Å². The Kier molecular flexibility index (Phi) is 11.6. The summed E-state index contributed by atoms with van der Waals surface area (Å²) in [4.78, 5) is 28.6. The predicted octanol–water partition coefficient (Wildman–Crippen LogP) is 6.63. The van der Waals surface area contributed by atoms with Crippen molar-refractivity contribution in [1.29, 1.82) is 0 Å². The number of amides is 2. The van der Waals surface area contributed by atoms with Gasteiger partial charge in [0.05, 0.1) is 18.8 Å². The largest absolute Gasteiger partial charge is 0.467 e. The molecule has 1 heterocycles. The fourth-order valence-electron chi connectivity index (χ4n) is 4.94. The summed E-state index contributed by atoms with van der Waals surface area (Å²) in [6.07, 6.45) is 0.787. The third kappa shape index (κ3) is 9.47. The monoisotopic (exact) mass is 568 g/mol. The van der Waals surface area contributed by atoms with Crippen LogP contribution in [0, 0.1) is 0 Å². The number of methoxy groups -OCH3 is 1. The first-order valence-electron chi connectivity index (χ1n) is 14.6. The van der Waals surface area contributed by atoms with Gasteiger partial charge >= 0.3 is 6.09 Å². The number of hydrogen-bond donors (Lipinski definition) is 1. The van der Waals surface area contributed by atoms with Crippen LogP contribution in [0.15, 0.2) is 42.5 Å². The number of hydrogen-bond acceptors (Lipinski definition) is 6. The lowest BCUT2D eigenvalue weighted by atomic mass is 9.91. The smallest absolute Gasteiger partial charge is 0.410 e. The quantitative estimate of drug-likeness (QED) is 0.324. The average molecular weight is 569 g/mol. The zero-order valence-electron chi connectivity index (χ0n) is 26.0. The molecule has 2 amide bonds. The van der Waals surface area contributed by atoms with Crippen LogP contribution in [0.25, 0.3) is 0 Å². The minimum atomic E-state index is -0.613. The molecule has 226 valence electrons. The molecule has 0 bridgehead atoms. The van der Waals surface area contributed by atoms with Crippen LogP contribution in [0.1, 0.15) is 100 Å². The zero-order valence-corrected chi connectivity index (χ0v) is 26.0. The molecule has 41 heavy (non-hydrogen) atoms. The van der Waals surface area contributed by atoms with Crippen molar-refractivity contribution in [2.24, 2.45) is 0 Å². The Morgan fingerprint density at radius 3 is 2.22 bits per heavy atom. The molecule has 0 saturated carbocycles. The minimum absolute atomic E-state index is 0.133. The molecule has 2 aromatic rings. The van der Waals surface area contributed by atoms with Crippen molar-refractivity contribution in [2.45, 2.75) is 97.5 Å². The van der Waals surface area contributed by atoms with Gasteiger partial charge in [-0.2, -0.15) is 0 Å². The molecule has 3 rings (SSSR count). The summed E-state index contributed by atoms with van der Waals surface area (Å²) in [5, 5.41) is 3.23. The first kappa shape index (κ1) is 32.4. The molecule has 2 aromatic carbocycles. The van der Waals surface area contributed by atoms with Crippen LogP contribution in [0.3, 0.4) is 0 Å². The Morgan fingerprint density at radius 2 is 1.66 bits per heavy atom. The van der Waals surface area contributed by atoms with Gasteiger partial charge in [0.15, 0.2) is 6.79 Å². The molecule has 0 aliphatic carbocycles. The van der Waals surface area contributed by atoms with E-state index >= 15 is 0 Å². The number of ether oxygens (including phenoxy) is 4. The summed E-state index contributed by atoms with van der Waals surface area (Å²) in [5.41, 5.74) is 2.90. The van der Waals surface area contributed by atoms with Gasteiger partial charge in [-0.1, -0.05) is 58.0 Å². The van der Waals surface area contributed by atoms with Crippen molar-refractivity contribution in [3.63, 3.8) is 0 Å². The summed E-state index contributed by atoms with van der Waals surface area (Å²) in [7, 11) is 1.59. The Labute approximate surface area is 245 Å². The SMILES string of the molecule is COCOc1c(C(C)C)cc(C(=O)N[C@@H]2CN(C(=O)OC(C)(C)C)CCC[C@H]2OCc2ccccc2)cc1C(C)C. The summed E-state index contributed by atoms with van der Waals surface area (Å²) in [6, 6.07) is 13.4. The molecule has 8 heteroatoms. The van der Waals surface area contributed by atoms with Crippen LogP contribution < -0.4 is 10.1 Å². The zero-order chi connectivity index (χ0) is 30.2. The molecule has 8 nitrogen and oxygen atoms in total. The lowest BCUT2D eigenvalue weighted by molar-refractivity contribution is 0.00420. The fraction of sp³-hybridized carbons (Fsp3) is 0.576. The lowest BCUT2D eigenvalue weighted by Gasteiger charge is -2.31. The first-order chi connectivity index (χ1) is 19.4. The maximum atomic E-state index is 13.9. The summed E-state index contributed by atoms with van der Waals surface area (Å²) in [6.45, 7) is 15.3. The molecule has 0 spiro atoms. The Hall–Kier alpha value is -3.10. The number of nitrogens with one attached hydrogen (secondary N) is 1. The van der Waals surface area contributed by atoms with Crippen molar-refractivity contribution < 1.29 is 28.5 Å². The molecular weight excluding hydrogens is 520 g/mol. The Morgan fingerprint density at radius 1 is 1.02 bits per heavy atom. The second-order valence-corrected chi connectivity index (χ2v) is 12.3. The van der Waals surface area contributed by atoms with Crippen LogP contribution >= 0.6 is 0 Å². The van der Waals surface area contributed by atoms with E-state index in [-0.39, 0.29) is 36.7 Å². The molecule has 1 aliphatic heterocycles. The molecule has 1 saturated heterocycles. The van der Waals surface area contributed by atoms with E-state index in [1.807, 2.05) is 63.2 Å². The highest BCUT2D eigenvalue weighted by Crippen LogP contribution is 2.36. The Bertz CT molecular complexity index is 1110. The van der Waals surface area contributed by atoms with Crippen molar-refractivity contribution in [2.75, 3.05) is 27.0 Å². The van der Waals surface area contributed by atoms with Gasteiger partial charge in [-0.3, -0.25) is 4.79 Å². The van der Waals surface area contributed by atoms with Gasteiger partial charge in [0.2, 0.25) is 0 Å². The van der Waals surface area contributed by atoms with E-state index in [0.29, 0.717) is 31.7 Å². The number of nitrogens with zero attached hydrogens (tertiary/aromatic N) is 1. The van der Waals surface area contributed by atoms with Gasteiger partial charge in [-0.15, -0.1) is 0 Å². The molecular formula is C33H48N2O6. The van der Waals surface area contributed by atoms with Crippen LogP contribution in [-0.4, -0.2) is 61.6 Å². The molecule has 1 aliphatic rings. The van der Waals surface area contributed by atoms with Gasteiger partial charge in [-0.05, 0) is 74.3 Å². The standard InChI is InChI=1S/C33H48N2O6/c1-22(2)26-17-25(18-27(23(3)4)30(26)40-21-38-8)31(36)34-28-19-35(32(37)41-33(5,6)7)16-12-15-29(28)39-20-24-13-10-9-11-14-24/h9-11,13-14,17-18,22-23,28-29H,12,15-16,19-21H2,1-8H3,(H,34,36)/t28-,29-/m1/s1. The first-order valence-corrected chi connectivity index (χ1v) is 14.6. The van der Waals surface area contributed by atoms with Crippen LogP contribution in [0.2, 0.25) is 0 Å². The number of benzene rings is 2. The van der Waals surface area contributed by atoms with Crippen molar-refractivity contribution in [3.05, 3.63) is 64.7 Å². The van der Waals surface area contributed by atoms with Gasteiger partial charge in [0, 0.05) is 25.8 Å². The number of rotatable bonds is 10. The number of carbonyl (C=O) groups excluding carboxylic acids is 2. The fourth-order valence-corrected chi connectivity index (χ4v) is 4.94. The second kappa shape index (κ2) is 14.7. The Balaban J connectivity index is 1.91. The van der Waals surface area contributed by atoms with Crippen LogP contribution in [0.4, 0.5) is 4.79 Å². The molecule has 0 aromatic heterocycles. The number of carbonyl (C=O) groups is 2. The maximum absolute atomic E-state index is 13.9. The van der Waals surface area contributed by atoms with Gasteiger partial charge in [0.25, 0.3) is 5.91 Å². The average Bonchev–Trinajstić information content (AvgIpc) is 3.11. The van der Waals surface area contributed by atoms with Crippen LogP contribution in [-0.2, 0) is 20.8 Å². The molecule has 0 radical (unpaired) electrons. The van der Waals surface area contributed by atoms with E-state index in [4.69, 9.17) is 18.9 Å². The second-order valence-electron chi connectivity index (χ2n) is 12.3. The van der Waals surface area contributed by atoms with Gasteiger partial charge in [-0.25, -0.2) is 4.79 Å². The van der Waals surface area contributed by atoms with Crippen molar-refractivity contribution in [3.8, 4) is 5.75 Å². The third-order valence-corrected chi connectivity index (χ3v) is 7.03. The summed E-state index contributed by atoms with van der Waals surface area (Å²) >= 11 is 0. The van der Waals surface area contributed by atoms with E-state index in [1.54, 1.807) is 12.0 Å². The molecule has 1 N–H and O–H groups in total. The predicted molar refractivity (Wildman–Crippen MR) is 160 cm³/mol. The van der Waals surface area contributed by atoms with Gasteiger partial charge < -0.3 is 29.2 Å². The molecule has 0 unspecified atom stereocenters. The van der Waals surface area contributed by atoms with Crippen LogP contribution in [0.5, 0.6) is 5.75 Å². The normalized spacial score (nSPS) is 17.9.